The molecular formula is C16H26N2O2S. The van der Waals surface area contributed by atoms with Crippen LogP contribution < -0.4 is 5.73 Å². The second-order valence-electron chi connectivity index (χ2n) is 6.63. The number of piperidine rings is 1. The molecule has 0 saturated carbocycles. The number of hydrogen-bond acceptors (Lipinski definition) is 3. The molecule has 1 saturated heterocycles. The second-order valence-corrected chi connectivity index (χ2v) is 8.50. The van der Waals surface area contributed by atoms with Crippen molar-refractivity contribution in [3.8, 4) is 0 Å². The molecule has 1 aromatic carbocycles. The van der Waals surface area contributed by atoms with E-state index in [9.17, 15) is 8.42 Å². The van der Waals surface area contributed by atoms with Crippen molar-refractivity contribution in [1.82, 2.24) is 4.31 Å². The van der Waals surface area contributed by atoms with Crippen molar-refractivity contribution in [2.45, 2.75) is 45.9 Å². The largest absolute Gasteiger partial charge is 0.398 e. The summed E-state index contributed by atoms with van der Waals surface area (Å²) in [5.74, 6) is 0.789. The minimum absolute atomic E-state index is 0.395. The maximum atomic E-state index is 13.1. The molecule has 1 aromatic rings. The standard InChI is InChI=1S/C16H26N2O2S/c1-10-6-11(2)9-18(8-10)21(19,20)16-13(4)12(3)7-15(17)14(16)5/h7,10-11H,6,8-9,17H2,1-5H3. The van der Waals surface area contributed by atoms with Gasteiger partial charge in [0.25, 0.3) is 0 Å². The zero-order valence-corrected chi connectivity index (χ0v) is 14.4. The molecule has 0 spiro atoms. The summed E-state index contributed by atoms with van der Waals surface area (Å²) in [6.07, 6.45) is 1.08. The van der Waals surface area contributed by atoms with Crippen LogP contribution in [0, 0.1) is 32.6 Å². The van der Waals surface area contributed by atoms with Crippen LogP contribution in [0.5, 0.6) is 0 Å². The molecule has 0 aliphatic carbocycles. The summed E-state index contributed by atoms with van der Waals surface area (Å²) in [5, 5.41) is 0. The van der Waals surface area contributed by atoms with Crippen molar-refractivity contribution in [2.24, 2.45) is 11.8 Å². The summed E-state index contributed by atoms with van der Waals surface area (Å²) < 4.78 is 27.8. The molecule has 0 amide bonds. The summed E-state index contributed by atoms with van der Waals surface area (Å²) in [6.45, 7) is 11.0. The number of sulfonamides is 1. The number of nitrogens with two attached hydrogens (primary N) is 1. The van der Waals surface area contributed by atoms with E-state index in [1.807, 2.05) is 19.9 Å². The Balaban J connectivity index is 2.55. The van der Waals surface area contributed by atoms with Gasteiger partial charge < -0.3 is 5.73 Å². The molecule has 0 aromatic heterocycles. The summed E-state index contributed by atoms with van der Waals surface area (Å²) in [7, 11) is -3.48. The molecule has 2 N–H and O–H groups in total. The Morgan fingerprint density at radius 3 is 2.14 bits per heavy atom. The van der Waals surface area contributed by atoms with E-state index in [-0.39, 0.29) is 0 Å². The van der Waals surface area contributed by atoms with Gasteiger partial charge in [-0.05, 0) is 61.8 Å². The number of anilines is 1. The van der Waals surface area contributed by atoms with Crippen LogP contribution in [0.2, 0.25) is 0 Å². The average Bonchev–Trinajstić information content (AvgIpc) is 2.35. The van der Waals surface area contributed by atoms with Gasteiger partial charge in [-0.2, -0.15) is 4.31 Å². The first-order chi connectivity index (χ1) is 9.64. The lowest BCUT2D eigenvalue weighted by atomic mass is 9.94. The minimum atomic E-state index is -3.48. The number of rotatable bonds is 2. The molecule has 21 heavy (non-hydrogen) atoms. The van der Waals surface area contributed by atoms with E-state index in [0.717, 1.165) is 17.5 Å². The fourth-order valence-corrected chi connectivity index (χ4v) is 5.57. The van der Waals surface area contributed by atoms with Gasteiger partial charge in [0.15, 0.2) is 0 Å². The average molecular weight is 310 g/mol. The lowest BCUT2D eigenvalue weighted by Gasteiger charge is -2.35. The van der Waals surface area contributed by atoms with Crippen molar-refractivity contribution < 1.29 is 8.42 Å². The molecule has 0 bridgehead atoms. The Bertz CT molecular complexity index is 616. The van der Waals surface area contributed by atoms with Gasteiger partial charge >= 0.3 is 0 Å². The number of aryl methyl sites for hydroxylation is 1. The zero-order valence-electron chi connectivity index (χ0n) is 13.6. The first kappa shape index (κ1) is 16.3. The monoisotopic (exact) mass is 310 g/mol. The SMILES string of the molecule is Cc1cc(N)c(C)c(S(=O)(=O)N2CC(C)CC(C)C2)c1C. The molecular weight excluding hydrogens is 284 g/mol. The van der Waals surface area contributed by atoms with Crippen LogP contribution in [-0.4, -0.2) is 25.8 Å². The van der Waals surface area contributed by atoms with Gasteiger partial charge in [0.05, 0.1) is 4.90 Å². The van der Waals surface area contributed by atoms with E-state index in [4.69, 9.17) is 5.73 Å². The van der Waals surface area contributed by atoms with E-state index in [0.29, 0.717) is 41.1 Å². The Morgan fingerprint density at radius 1 is 1.10 bits per heavy atom. The predicted molar refractivity (Wildman–Crippen MR) is 86.8 cm³/mol. The predicted octanol–water partition coefficient (Wildman–Crippen LogP) is 2.86. The highest BCUT2D eigenvalue weighted by atomic mass is 32.2. The molecule has 2 rings (SSSR count). The highest BCUT2D eigenvalue weighted by molar-refractivity contribution is 7.89. The van der Waals surface area contributed by atoms with E-state index in [1.165, 1.54) is 0 Å². The van der Waals surface area contributed by atoms with E-state index < -0.39 is 10.0 Å². The third-order valence-corrected chi connectivity index (χ3v) is 6.62. The molecule has 4 nitrogen and oxygen atoms in total. The summed E-state index contributed by atoms with van der Waals surface area (Å²) in [4.78, 5) is 0.404. The van der Waals surface area contributed by atoms with E-state index in [2.05, 4.69) is 13.8 Å². The van der Waals surface area contributed by atoms with Gasteiger partial charge in [-0.15, -0.1) is 0 Å². The normalized spacial score (nSPS) is 24.2. The summed E-state index contributed by atoms with van der Waals surface area (Å²) in [6, 6.07) is 1.85. The van der Waals surface area contributed by atoms with Crippen LogP contribution in [0.15, 0.2) is 11.0 Å². The highest BCUT2D eigenvalue weighted by Gasteiger charge is 2.34. The van der Waals surface area contributed by atoms with Crippen molar-refractivity contribution in [1.29, 1.82) is 0 Å². The number of hydrogen-bond donors (Lipinski definition) is 1. The first-order valence-corrected chi connectivity index (χ1v) is 8.95. The Hall–Kier alpha value is -1.07. The van der Waals surface area contributed by atoms with Gasteiger partial charge in [-0.3, -0.25) is 0 Å². The van der Waals surface area contributed by atoms with Crippen LogP contribution in [0.4, 0.5) is 5.69 Å². The van der Waals surface area contributed by atoms with Crippen molar-refractivity contribution in [3.63, 3.8) is 0 Å². The van der Waals surface area contributed by atoms with Gasteiger partial charge in [0.2, 0.25) is 10.0 Å². The van der Waals surface area contributed by atoms with Crippen molar-refractivity contribution in [2.75, 3.05) is 18.8 Å². The molecule has 118 valence electrons. The summed E-state index contributed by atoms with van der Waals surface area (Å²) >= 11 is 0. The fourth-order valence-electron chi connectivity index (χ4n) is 3.36. The number of benzene rings is 1. The third-order valence-electron chi connectivity index (χ3n) is 4.51. The van der Waals surface area contributed by atoms with E-state index in [1.54, 1.807) is 11.2 Å². The van der Waals surface area contributed by atoms with Gasteiger partial charge in [-0.25, -0.2) is 8.42 Å². The molecule has 2 atom stereocenters. The van der Waals surface area contributed by atoms with Gasteiger partial charge in [-0.1, -0.05) is 13.8 Å². The lowest BCUT2D eigenvalue weighted by molar-refractivity contribution is 0.222. The Morgan fingerprint density at radius 2 is 1.62 bits per heavy atom. The van der Waals surface area contributed by atoms with E-state index >= 15 is 0 Å². The number of nitrogens with zero attached hydrogens (tertiary/aromatic N) is 1. The molecule has 1 aliphatic heterocycles. The Labute approximate surface area is 128 Å². The van der Waals surface area contributed by atoms with Crippen LogP contribution in [-0.2, 0) is 10.0 Å². The van der Waals surface area contributed by atoms with Gasteiger partial charge in [0, 0.05) is 18.8 Å². The fraction of sp³-hybridized carbons (Fsp3) is 0.625. The maximum Gasteiger partial charge on any atom is 0.243 e. The Kier molecular flexibility index (Phi) is 4.36. The zero-order chi connectivity index (χ0) is 15.9. The molecule has 1 aliphatic rings. The maximum absolute atomic E-state index is 13.1. The van der Waals surface area contributed by atoms with Crippen LogP contribution >= 0.6 is 0 Å². The highest BCUT2D eigenvalue weighted by Crippen LogP contribution is 2.33. The van der Waals surface area contributed by atoms with Crippen molar-refractivity contribution >= 4 is 15.7 Å². The molecule has 1 fully saturated rings. The van der Waals surface area contributed by atoms with Gasteiger partial charge in [0.1, 0.15) is 0 Å². The topological polar surface area (TPSA) is 63.4 Å². The van der Waals surface area contributed by atoms with Crippen molar-refractivity contribution in [3.05, 3.63) is 22.8 Å². The summed E-state index contributed by atoms with van der Waals surface area (Å²) in [5.41, 5.74) is 8.95. The molecule has 2 unspecified atom stereocenters. The lowest BCUT2D eigenvalue weighted by Crippen LogP contribution is -2.43. The minimum Gasteiger partial charge on any atom is -0.398 e. The molecule has 5 heteroatoms. The van der Waals surface area contributed by atoms with Crippen LogP contribution in [0.3, 0.4) is 0 Å². The van der Waals surface area contributed by atoms with Crippen LogP contribution in [0.1, 0.15) is 37.0 Å². The smallest absolute Gasteiger partial charge is 0.243 e. The van der Waals surface area contributed by atoms with Crippen LogP contribution in [0.25, 0.3) is 0 Å². The quantitative estimate of drug-likeness (QED) is 0.854. The first-order valence-electron chi connectivity index (χ1n) is 7.51. The molecule has 1 heterocycles. The second kappa shape index (κ2) is 5.61. The molecule has 0 radical (unpaired) electrons. The number of nitrogen functional groups attached to an aromatic ring is 1. The third kappa shape index (κ3) is 2.94.